The fourth-order valence-corrected chi connectivity index (χ4v) is 2.09. The van der Waals surface area contributed by atoms with Crippen LogP contribution in [0.3, 0.4) is 0 Å². The van der Waals surface area contributed by atoms with Crippen LogP contribution in [0, 0.1) is 0 Å². The SMILES string of the molecule is CC(=O)c1ccccc1NC(=O)COC(=O)c1ccc(OC(F)(F)F)cc1. The Morgan fingerprint density at radius 1 is 1.00 bits per heavy atom. The summed E-state index contributed by atoms with van der Waals surface area (Å²) in [7, 11) is 0. The van der Waals surface area contributed by atoms with Gasteiger partial charge in [-0.15, -0.1) is 13.2 Å². The highest BCUT2D eigenvalue weighted by Gasteiger charge is 2.31. The molecule has 0 saturated carbocycles. The number of esters is 1. The molecule has 2 rings (SSSR count). The average Bonchev–Trinajstić information content (AvgIpc) is 2.59. The van der Waals surface area contributed by atoms with E-state index >= 15 is 0 Å². The topological polar surface area (TPSA) is 81.7 Å². The first kappa shape index (κ1) is 20.0. The van der Waals surface area contributed by atoms with Gasteiger partial charge in [0.2, 0.25) is 0 Å². The van der Waals surface area contributed by atoms with Crippen molar-refractivity contribution in [1.29, 1.82) is 0 Å². The molecule has 0 bridgehead atoms. The van der Waals surface area contributed by atoms with Crippen molar-refractivity contribution in [3.8, 4) is 5.75 Å². The lowest BCUT2D eigenvalue weighted by Gasteiger charge is -2.10. The van der Waals surface area contributed by atoms with Crippen LogP contribution in [0.5, 0.6) is 5.75 Å². The molecule has 9 heteroatoms. The Kier molecular flexibility index (Phi) is 6.17. The summed E-state index contributed by atoms with van der Waals surface area (Å²) < 4.78 is 44.8. The third-order valence-electron chi connectivity index (χ3n) is 3.24. The van der Waals surface area contributed by atoms with Crippen molar-refractivity contribution in [2.24, 2.45) is 0 Å². The van der Waals surface area contributed by atoms with Crippen LogP contribution in [-0.4, -0.2) is 30.6 Å². The van der Waals surface area contributed by atoms with Crippen LogP contribution in [0.2, 0.25) is 0 Å². The third kappa shape index (κ3) is 6.14. The highest BCUT2D eigenvalue weighted by atomic mass is 19.4. The van der Waals surface area contributed by atoms with Gasteiger partial charge >= 0.3 is 12.3 Å². The van der Waals surface area contributed by atoms with Gasteiger partial charge in [0, 0.05) is 5.56 Å². The normalized spacial score (nSPS) is 10.8. The first-order valence-corrected chi connectivity index (χ1v) is 7.58. The van der Waals surface area contributed by atoms with Crippen LogP contribution < -0.4 is 10.1 Å². The van der Waals surface area contributed by atoms with Gasteiger partial charge in [-0.25, -0.2) is 4.79 Å². The quantitative estimate of drug-likeness (QED) is 0.611. The fraction of sp³-hybridized carbons (Fsp3) is 0.167. The van der Waals surface area contributed by atoms with Gasteiger partial charge in [-0.1, -0.05) is 12.1 Å². The van der Waals surface area contributed by atoms with Gasteiger partial charge < -0.3 is 14.8 Å². The summed E-state index contributed by atoms with van der Waals surface area (Å²) >= 11 is 0. The van der Waals surface area contributed by atoms with Crippen molar-refractivity contribution in [2.75, 3.05) is 11.9 Å². The molecular weight excluding hydrogens is 367 g/mol. The summed E-state index contributed by atoms with van der Waals surface area (Å²) in [4.78, 5) is 35.2. The molecule has 0 aliphatic heterocycles. The van der Waals surface area contributed by atoms with E-state index in [1.165, 1.54) is 19.1 Å². The zero-order valence-electron chi connectivity index (χ0n) is 14.0. The molecule has 0 heterocycles. The predicted octanol–water partition coefficient (Wildman–Crippen LogP) is 3.58. The molecule has 6 nitrogen and oxygen atoms in total. The lowest BCUT2D eigenvalue weighted by Crippen LogP contribution is -2.22. The van der Waals surface area contributed by atoms with Gasteiger partial charge in [-0.05, 0) is 43.3 Å². The molecule has 2 aromatic rings. The Balaban J connectivity index is 1.92. The smallest absolute Gasteiger partial charge is 0.452 e. The molecule has 0 fully saturated rings. The van der Waals surface area contributed by atoms with Crippen molar-refractivity contribution < 1.29 is 37.0 Å². The number of anilines is 1. The number of amides is 1. The molecule has 142 valence electrons. The largest absolute Gasteiger partial charge is 0.573 e. The molecule has 27 heavy (non-hydrogen) atoms. The Labute approximate surface area is 151 Å². The number of halogens is 3. The van der Waals surface area contributed by atoms with Crippen LogP contribution in [0.25, 0.3) is 0 Å². The number of Topliss-reactive ketones (excluding diaryl/α,β-unsaturated/α-hetero) is 1. The molecule has 0 unspecified atom stereocenters. The van der Waals surface area contributed by atoms with E-state index in [-0.39, 0.29) is 17.0 Å². The third-order valence-corrected chi connectivity index (χ3v) is 3.24. The van der Waals surface area contributed by atoms with E-state index in [0.717, 1.165) is 24.3 Å². The van der Waals surface area contributed by atoms with Crippen molar-refractivity contribution in [1.82, 2.24) is 0 Å². The van der Waals surface area contributed by atoms with Crippen molar-refractivity contribution in [3.05, 3.63) is 59.7 Å². The number of ketones is 1. The van der Waals surface area contributed by atoms with Crippen LogP contribution >= 0.6 is 0 Å². The fourth-order valence-electron chi connectivity index (χ4n) is 2.09. The maximum Gasteiger partial charge on any atom is 0.573 e. The molecule has 2 aromatic carbocycles. The maximum absolute atomic E-state index is 12.1. The minimum Gasteiger partial charge on any atom is -0.452 e. The first-order chi connectivity index (χ1) is 12.7. The predicted molar refractivity (Wildman–Crippen MR) is 88.5 cm³/mol. The average molecular weight is 381 g/mol. The lowest BCUT2D eigenvalue weighted by atomic mass is 10.1. The molecule has 1 N–H and O–H groups in total. The van der Waals surface area contributed by atoms with Gasteiger partial charge in [0.25, 0.3) is 5.91 Å². The molecule has 0 aromatic heterocycles. The summed E-state index contributed by atoms with van der Waals surface area (Å²) in [5.41, 5.74) is 0.526. The van der Waals surface area contributed by atoms with E-state index in [1.54, 1.807) is 12.1 Å². The molecule has 0 atom stereocenters. The Morgan fingerprint density at radius 2 is 1.63 bits per heavy atom. The van der Waals surface area contributed by atoms with Gasteiger partial charge in [0.15, 0.2) is 12.4 Å². The van der Waals surface area contributed by atoms with E-state index in [0.29, 0.717) is 5.56 Å². The maximum atomic E-state index is 12.1. The number of nitrogens with one attached hydrogen (secondary N) is 1. The summed E-state index contributed by atoms with van der Waals surface area (Å²) in [5.74, 6) is -2.31. The van der Waals surface area contributed by atoms with Crippen LogP contribution in [0.15, 0.2) is 48.5 Å². The molecule has 1 amide bonds. The zero-order chi connectivity index (χ0) is 20.0. The monoisotopic (exact) mass is 381 g/mol. The van der Waals surface area contributed by atoms with Crippen molar-refractivity contribution >= 4 is 23.3 Å². The Bertz CT molecular complexity index is 847. The van der Waals surface area contributed by atoms with E-state index in [4.69, 9.17) is 4.74 Å². The van der Waals surface area contributed by atoms with Crippen LogP contribution in [0.1, 0.15) is 27.6 Å². The number of rotatable bonds is 6. The van der Waals surface area contributed by atoms with Crippen LogP contribution in [0.4, 0.5) is 18.9 Å². The summed E-state index contributed by atoms with van der Waals surface area (Å²) in [6, 6.07) is 10.4. The number of benzene rings is 2. The zero-order valence-corrected chi connectivity index (χ0v) is 14.0. The highest BCUT2D eigenvalue weighted by Crippen LogP contribution is 2.23. The molecule has 0 aliphatic carbocycles. The Hall–Kier alpha value is -3.36. The van der Waals surface area contributed by atoms with E-state index in [1.807, 2.05) is 0 Å². The minimum absolute atomic E-state index is 0.0542. The number of carbonyl (C=O) groups excluding carboxylic acids is 3. The Morgan fingerprint density at radius 3 is 2.22 bits per heavy atom. The standard InChI is InChI=1S/C18H14F3NO5/c1-11(23)14-4-2-3-5-15(14)22-16(24)10-26-17(25)12-6-8-13(9-7-12)27-18(19,20)21/h2-9H,10H2,1H3,(H,22,24). The minimum atomic E-state index is -4.84. The highest BCUT2D eigenvalue weighted by molar-refractivity contribution is 6.04. The first-order valence-electron chi connectivity index (χ1n) is 7.58. The summed E-state index contributed by atoms with van der Waals surface area (Å²) in [6.45, 7) is 0.711. The van der Waals surface area contributed by atoms with E-state index < -0.39 is 30.6 Å². The van der Waals surface area contributed by atoms with Gasteiger partial charge in [0.1, 0.15) is 5.75 Å². The van der Waals surface area contributed by atoms with Gasteiger partial charge in [0.05, 0.1) is 11.3 Å². The van der Waals surface area contributed by atoms with Crippen LogP contribution in [-0.2, 0) is 9.53 Å². The number of hydrogen-bond acceptors (Lipinski definition) is 5. The molecule has 0 aliphatic rings. The number of ether oxygens (including phenoxy) is 2. The number of alkyl halides is 3. The van der Waals surface area contributed by atoms with E-state index in [2.05, 4.69) is 10.1 Å². The van der Waals surface area contributed by atoms with E-state index in [9.17, 15) is 27.6 Å². The van der Waals surface area contributed by atoms with Crippen molar-refractivity contribution in [2.45, 2.75) is 13.3 Å². The van der Waals surface area contributed by atoms with Crippen molar-refractivity contribution in [3.63, 3.8) is 0 Å². The molecule has 0 spiro atoms. The second-order valence-electron chi connectivity index (χ2n) is 5.30. The second kappa shape index (κ2) is 8.35. The molecular formula is C18H14F3NO5. The second-order valence-corrected chi connectivity index (χ2v) is 5.30. The lowest BCUT2D eigenvalue weighted by molar-refractivity contribution is -0.274. The molecule has 0 radical (unpaired) electrons. The number of hydrogen-bond donors (Lipinski definition) is 1. The number of para-hydroxylation sites is 1. The number of carbonyl (C=O) groups is 3. The summed E-state index contributed by atoms with van der Waals surface area (Å²) in [5, 5.41) is 2.45. The summed E-state index contributed by atoms with van der Waals surface area (Å²) in [6.07, 6.45) is -4.84. The van der Waals surface area contributed by atoms with Gasteiger partial charge in [-0.2, -0.15) is 0 Å². The molecule has 0 saturated heterocycles. The van der Waals surface area contributed by atoms with Gasteiger partial charge in [-0.3, -0.25) is 9.59 Å².